The fourth-order valence-corrected chi connectivity index (χ4v) is 11.7. The van der Waals surface area contributed by atoms with Gasteiger partial charge in [-0.25, -0.2) is 15.0 Å². The molecular weight excluding hydrogens is 875 g/mol. The molecule has 1 heterocycles. The third-order valence-electron chi connectivity index (χ3n) is 14.2. The molecule has 0 saturated heterocycles. The van der Waals surface area contributed by atoms with Crippen LogP contribution in [0.1, 0.15) is 22.3 Å². The zero-order valence-electron chi connectivity index (χ0n) is 40.1. The molecule has 0 fully saturated rings. The molecule has 0 bridgehead atoms. The molecule has 71 heavy (non-hydrogen) atoms. The van der Waals surface area contributed by atoms with Crippen LogP contribution < -0.4 is 5.19 Å². The van der Waals surface area contributed by atoms with Crippen molar-refractivity contribution >= 4 is 13.3 Å². The molecule has 3 nitrogen and oxygen atoms in total. The van der Waals surface area contributed by atoms with E-state index in [0.717, 1.165) is 50.1 Å². The first-order valence-electron chi connectivity index (χ1n) is 24.5. The molecule has 0 spiro atoms. The van der Waals surface area contributed by atoms with Gasteiger partial charge in [0.25, 0.3) is 0 Å². The first-order valence-corrected chi connectivity index (χ1v) is 28.0. The molecule has 0 N–H and O–H groups in total. The minimum atomic E-state index is -1.49. The number of benzene rings is 10. The number of rotatable bonds is 10. The average molecular weight is 926 g/mol. The minimum Gasteiger partial charge on any atom is -0.208 e. The van der Waals surface area contributed by atoms with Crippen molar-refractivity contribution in [3.63, 3.8) is 0 Å². The van der Waals surface area contributed by atoms with Crippen LogP contribution in [-0.4, -0.2) is 23.0 Å². The maximum absolute atomic E-state index is 5.18. The minimum absolute atomic E-state index is 0.440. The lowest BCUT2D eigenvalue weighted by Crippen LogP contribution is -2.37. The smallest absolute Gasteiger partial charge is 0.164 e. The van der Waals surface area contributed by atoms with Crippen LogP contribution in [0.25, 0.3) is 89.8 Å². The topological polar surface area (TPSA) is 38.7 Å². The Morgan fingerprint density at radius 3 is 1.14 bits per heavy atom. The van der Waals surface area contributed by atoms with Gasteiger partial charge in [-0.3, -0.25) is 0 Å². The molecule has 0 aliphatic heterocycles. The van der Waals surface area contributed by atoms with Gasteiger partial charge in [0.2, 0.25) is 0 Å². The quantitative estimate of drug-likeness (QED) is 0.128. The van der Waals surface area contributed by atoms with Gasteiger partial charge in [-0.05, 0) is 102 Å². The number of fused-ring (bicyclic) bond motifs is 3. The van der Waals surface area contributed by atoms with Gasteiger partial charge in [-0.2, -0.15) is 0 Å². The SMILES string of the molecule is C[Si](C)(C)c1ccc(-c2nc(-c3cccc(-c4ccccc4)c3)nc(-c3cccc(-c4cccc(-c5ccc(-c6ccc7c(c6)C(c6ccccc6)(c6ccccc6)c6ccccc6-7)cc5)c4)c3)n2)cc1. The fraction of sp³-hybridized carbons (Fsp3) is 0.0597. The average Bonchev–Trinajstić information content (AvgIpc) is 3.74. The molecule has 338 valence electrons. The van der Waals surface area contributed by atoms with E-state index in [1.807, 2.05) is 6.07 Å². The molecular formula is C67H51N3Si. The van der Waals surface area contributed by atoms with Crippen molar-refractivity contribution in [1.29, 1.82) is 0 Å². The van der Waals surface area contributed by atoms with Crippen LogP contribution in [0.3, 0.4) is 0 Å². The van der Waals surface area contributed by atoms with Gasteiger partial charge >= 0.3 is 0 Å². The fourth-order valence-electron chi connectivity index (χ4n) is 10.5. The summed E-state index contributed by atoms with van der Waals surface area (Å²) < 4.78 is 0. The third kappa shape index (κ3) is 8.12. The summed E-state index contributed by atoms with van der Waals surface area (Å²) in [5.74, 6) is 1.94. The van der Waals surface area contributed by atoms with Crippen molar-refractivity contribution in [3.05, 3.63) is 277 Å². The van der Waals surface area contributed by atoms with Gasteiger partial charge in [0.15, 0.2) is 17.5 Å². The van der Waals surface area contributed by atoms with Crippen LogP contribution in [0.2, 0.25) is 19.6 Å². The predicted molar refractivity (Wildman–Crippen MR) is 298 cm³/mol. The summed E-state index contributed by atoms with van der Waals surface area (Å²) in [7, 11) is -1.49. The Morgan fingerprint density at radius 1 is 0.268 bits per heavy atom. The van der Waals surface area contributed by atoms with E-state index >= 15 is 0 Å². The first-order chi connectivity index (χ1) is 34.8. The largest absolute Gasteiger partial charge is 0.208 e. The van der Waals surface area contributed by atoms with Gasteiger partial charge in [-0.15, -0.1) is 0 Å². The van der Waals surface area contributed by atoms with E-state index in [9.17, 15) is 0 Å². The summed E-state index contributed by atoms with van der Waals surface area (Å²) in [6.45, 7) is 7.11. The predicted octanol–water partition coefficient (Wildman–Crippen LogP) is 16.4. The Morgan fingerprint density at radius 2 is 0.620 bits per heavy atom. The molecule has 11 aromatic rings. The first kappa shape index (κ1) is 43.7. The van der Waals surface area contributed by atoms with E-state index in [1.165, 1.54) is 49.7 Å². The Bertz CT molecular complexity index is 3670. The molecule has 0 unspecified atom stereocenters. The second-order valence-corrected chi connectivity index (χ2v) is 24.7. The number of hydrogen-bond donors (Lipinski definition) is 0. The Kier molecular flexibility index (Phi) is 11.1. The second-order valence-electron chi connectivity index (χ2n) is 19.6. The number of aromatic nitrogens is 3. The second kappa shape index (κ2) is 18.1. The van der Waals surface area contributed by atoms with Crippen molar-refractivity contribution < 1.29 is 0 Å². The normalized spacial score (nSPS) is 12.5. The van der Waals surface area contributed by atoms with E-state index in [2.05, 4.69) is 268 Å². The third-order valence-corrected chi connectivity index (χ3v) is 16.3. The molecule has 0 atom stereocenters. The molecule has 4 heteroatoms. The van der Waals surface area contributed by atoms with Crippen LogP contribution in [0, 0.1) is 0 Å². The Balaban J connectivity index is 0.881. The summed E-state index contributed by atoms with van der Waals surface area (Å²) in [6.07, 6.45) is 0. The van der Waals surface area contributed by atoms with Crippen molar-refractivity contribution in [2.75, 3.05) is 0 Å². The molecule has 12 rings (SSSR count). The molecule has 0 radical (unpaired) electrons. The lowest BCUT2D eigenvalue weighted by Gasteiger charge is -2.34. The number of hydrogen-bond acceptors (Lipinski definition) is 3. The summed E-state index contributed by atoms with van der Waals surface area (Å²) in [5, 5.41) is 1.40. The maximum atomic E-state index is 5.18. The van der Waals surface area contributed by atoms with Crippen LogP contribution in [0.4, 0.5) is 0 Å². The zero-order valence-corrected chi connectivity index (χ0v) is 41.1. The van der Waals surface area contributed by atoms with Gasteiger partial charge in [0, 0.05) is 16.7 Å². The van der Waals surface area contributed by atoms with Crippen LogP contribution in [-0.2, 0) is 5.41 Å². The lowest BCUT2D eigenvalue weighted by molar-refractivity contribution is 0.769. The monoisotopic (exact) mass is 925 g/mol. The summed E-state index contributed by atoms with van der Waals surface area (Å²) in [4.78, 5) is 15.5. The molecule has 1 aromatic heterocycles. The number of nitrogens with zero attached hydrogens (tertiary/aromatic N) is 3. The highest BCUT2D eigenvalue weighted by Gasteiger charge is 2.46. The van der Waals surface area contributed by atoms with Gasteiger partial charge in [0.05, 0.1) is 13.5 Å². The van der Waals surface area contributed by atoms with Gasteiger partial charge < -0.3 is 0 Å². The standard InChI is InChI=1S/C67H51N3Si/c1-71(2,3)59-39-36-49(37-40-59)64-68-65(55-24-16-21-51(43-55)46-18-7-4-8-19-46)70-66(69-64)56-25-17-23-53(44-56)52-22-15-20-50(42-52)47-32-34-48(35-33-47)54-38-41-61-60-30-13-14-31-62(60)67(63(61)45-54,57-26-9-5-10-27-57)58-28-11-6-12-29-58/h4-45H,1-3H3. The summed E-state index contributed by atoms with van der Waals surface area (Å²) in [6, 6.07) is 92.2. The van der Waals surface area contributed by atoms with E-state index in [1.54, 1.807) is 0 Å². The van der Waals surface area contributed by atoms with Crippen LogP contribution >= 0.6 is 0 Å². The molecule has 0 amide bonds. The van der Waals surface area contributed by atoms with Crippen LogP contribution in [0.15, 0.2) is 255 Å². The van der Waals surface area contributed by atoms with E-state index in [-0.39, 0.29) is 0 Å². The summed E-state index contributed by atoms with van der Waals surface area (Å²) >= 11 is 0. The van der Waals surface area contributed by atoms with Crippen LogP contribution in [0.5, 0.6) is 0 Å². The Hall–Kier alpha value is -8.57. The summed E-state index contributed by atoms with van der Waals surface area (Å²) in [5.41, 5.74) is 19.3. The lowest BCUT2D eigenvalue weighted by atomic mass is 9.67. The highest BCUT2D eigenvalue weighted by molar-refractivity contribution is 6.88. The molecule has 1 aliphatic carbocycles. The van der Waals surface area contributed by atoms with Crippen molar-refractivity contribution in [3.8, 4) is 89.8 Å². The molecule has 10 aromatic carbocycles. The van der Waals surface area contributed by atoms with Crippen molar-refractivity contribution in [2.24, 2.45) is 0 Å². The highest BCUT2D eigenvalue weighted by atomic mass is 28.3. The zero-order chi connectivity index (χ0) is 47.9. The Labute approximate surface area is 417 Å². The van der Waals surface area contributed by atoms with Crippen molar-refractivity contribution in [2.45, 2.75) is 25.1 Å². The highest BCUT2D eigenvalue weighted by Crippen LogP contribution is 2.56. The van der Waals surface area contributed by atoms with E-state index in [4.69, 9.17) is 15.0 Å². The van der Waals surface area contributed by atoms with E-state index < -0.39 is 13.5 Å². The van der Waals surface area contributed by atoms with Gasteiger partial charge in [0.1, 0.15) is 0 Å². The van der Waals surface area contributed by atoms with Crippen molar-refractivity contribution in [1.82, 2.24) is 15.0 Å². The maximum Gasteiger partial charge on any atom is 0.164 e. The van der Waals surface area contributed by atoms with E-state index in [0.29, 0.717) is 17.5 Å². The van der Waals surface area contributed by atoms with Gasteiger partial charge in [-0.1, -0.05) is 255 Å². The molecule has 0 saturated carbocycles. The molecule has 1 aliphatic rings.